The second-order valence-corrected chi connectivity index (χ2v) is 5.11. The van der Waals surface area contributed by atoms with E-state index >= 15 is 0 Å². The first-order chi connectivity index (χ1) is 8.26. The van der Waals surface area contributed by atoms with Gasteiger partial charge in [0.05, 0.1) is 6.61 Å². The van der Waals surface area contributed by atoms with Crippen LogP contribution in [0.4, 0.5) is 5.82 Å². The van der Waals surface area contributed by atoms with E-state index in [0.29, 0.717) is 17.3 Å². The van der Waals surface area contributed by atoms with Gasteiger partial charge in [-0.3, -0.25) is 0 Å². The van der Waals surface area contributed by atoms with Crippen molar-refractivity contribution in [1.29, 1.82) is 0 Å². The van der Waals surface area contributed by atoms with Crippen LogP contribution in [0.2, 0.25) is 0 Å². The van der Waals surface area contributed by atoms with Crippen LogP contribution in [-0.2, 0) is 0 Å². The lowest BCUT2D eigenvalue weighted by Crippen LogP contribution is -2.09. The number of aromatic nitrogens is 2. The van der Waals surface area contributed by atoms with Crippen molar-refractivity contribution in [1.82, 2.24) is 9.97 Å². The summed E-state index contributed by atoms with van der Waals surface area (Å²) in [7, 11) is 0. The molecule has 96 valence electrons. The van der Waals surface area contributed by atoms with Gasteiger partial charge in [0, 0.05) is 17.4 Å². The molecule has 0 aliphatic carbocycles. The third kappa shape index (κ3) is 5.86. The molecule has 0 radical (unpaired) electrons. The molecule has 1 atom stereocenters. The summed E-state index contributed by atoms with van der Waals surface area (Å²) in [6.45, 7) is 5.83. The Morgan fingerprint density at radius 1 is 1.41 bits per heavy atom. The second kappa shape index (κ2) is 8.28. The van der Waals surface area contributed by atoms with Gasteiger partial charge in [-0.1, -0.05) is 29.8 Å². The molecule has 1 aromatic heterocycles. The van der Waals surface area contributed by atoms with Crippen molar-refractivity contribution < 1.29 is 4.74 Å². The van der Waals surface area contributed by atoms with Gasteiger partial charge in [0.25, 0.3) is 0 Å². The highest BCUT2D eigenvalue weighted by Gasteiger charge is 2.02. The summed E-state index contributed by atoms with van der Waals surface area (Å²) in [5, 5.41) is 3.27. The number of halogens is 1. The van der Waals surface area contributed by atoms with E-state index in [1.54, 1.807) is 0 Å². The molecule has 0 saturated carbocycles. The highest BCUT2D eigenvalue weighted by molar-refractivity contribution is 9.09. The maximum Gasteiger partial charge on any atom is 0.218 e. The third-order valence-corrected chi connectivity index (χ3v) is 3.41. The maximum absolute atomic E-state index is 5.44. The molecular weight excluding hydrogens is 282 g/mol. The molecule has 0 aliphatic heterocycles. The van der Waals surface area contributed by atoms with E-state index in [4.69, 9.17) is 4.74 Å². The van der Waals surface area contributed by atoms with Crippen LogP contribution in [0.3, 0.4) is 0 Å². The van der Waals surface area contributed by atoms with Crippen molar-refractivity contribution in [2.24, 2.45) is 0 Å². The van der Waals surface area contributed by atoms with Crippen LogP contribution < -0.4 is 10.1 Å². The SMILES string of the molecule is CCCOc1cc(NCCC(Br)CC)ncn1. The molecular formula is C12H20BrN3O. The summed E-state index contributed by atoms with van der Waals surface area (Å²) in [5.41, 5.74) is 0. The van der Waals surface area contributed by atoms with Crippen molar-refractivity contribution in [3.8, 4) is 5.88 Å². The van der Waals surface area contributed by atoms with Crippen LogP contribution in [0, 0.1) is 0 Å². The quantitative estimate of drug-likeness (QED) is 0.749. The molecule has 17 heavy (non-hydrogen) atoms. The number of hydrogen-bond acceptors (Lipinski definition) is 4. The molecule has 0 bridgehead atoms. The lowest BCUT2D eigenvalue weighted by atomic mass is 10.2. The highest BCUT2D eigenvalue weighted by Crippen LogP contribution is 2.13. The minimum atomic E-state index is 0.563. The van der Waals surface area contributed by atoms with Gasteiger partial charge in [0.2, 0.25) is 5.88 Å². The van der Waals surface area contributed by atoms with E-state index < -0.39 is 0 Å². The Morgan fingerprint density at radius 3 is 2.94 bits per heavy atom. The first-order valence-corrected chi connectivity index (χ1v) is 7.00. The molecule has 1 N–H and O–H groups in total. The first-order valence-electron chi connectivity index (χ1n) is 6.09. The zero-order valence-electron chi connectivity index (χ0n) is 10.4. The fraction of sp³-hybridized carbons (Fsp3) is 0.667. The standard InChI is InChI=1S/C12H20BrN3O/c1-3-7-17-12-8-11(15-9-16-12)14-6-5-10(13)4-2/h8-10H,3-7H2,1-2H3,(H,14,15,16). The number of anilines is 1. The zero-order valence-corrected chi connectivity index (χ0v) is 12.0. The predicted octanol–water partition coefficient (Wildman–Crippen LogP) is 3.24. The molecule has 0 fully saturated rings. The number of rotatable bonds is 8. The largest absolute Gasteiger partial charge is 0.478 e. The summed E-state index contributed by atoms with van der Waals surface area (Å²) >= 11 is 3.60. The molecule has 5 heteroatoms. The average Bonchev–Trinajstić information content (AvgIpc) is 2.36. The monoisotopic (exact) mass is 301 g/mol. The Morgan fingerprint density at radius 2 is 2.24 bits per heavy atom. The molecule has 1 heterocycles. The summed E-state index contributed by atoms with van der Waals surface area (Å²) in [6, 6.07) is 1.84. The van der Waals surface area contributed by atoms with Gasteiger partial charge in [-0.2, -0.15) is 0 Å². The molecule has 0 aromatic carbocycles. The lowest BCUT2D eigenvalue weighted by Gasteiger charge is -2.09. The van der Waals surface area contributed by atoms with E-state index in [2.05, 4.69) is 45.1 Å². The maximum atomic E-state index is 5.44. The van der Waals surface area contributed by atoms with Crippen LogP contribution in [0.25, 0.3) is 0 Å². The van der Waals surface area contributed by atoms with Crippen molar-refractivity contribution >= 4 is 21.7 Å². The Bertz CT molecular complexity index is 322. The van der Waals surface area contributed by atoms with Crippen LogP contribution in [0.5, 0.6) is 5.88 Å². The zero-order chi connectivity index (χ0) is 12.5. The molecule has 0 spiro atoms. The molecule has 1 aromatic rings. The third-order valence-electron chi connectivity index (χ3n) is 2.30. The minimum Gasteiger partial charge on any atom is -0.478 e. The summed E-state index contributed by atoms with van der Waals surface area (Å²) < 4.78 is 5.44. The van der Waals surface area contributed by atoms with E-state index in [1.165, 1.54) is 6.33 Å². The number of nitrogens with zero attached hydrogens (tertiary/aromatic N) is 2. The topological polar surface area (TPSA) is 47.0 Å². The summed E-state index contributed by atoms with van der Waals surface area (Å²) in [6.07, 6.45) is 4.72. The Kier molecular flexibility index (Phi) is 6.93. The lowest BCUT2D eigenvalue weighted by molar-refractivity contribution is 0.305. The minimum absolute atomic E-state index is 0.563. The average molecular weight is 302 g/mol. The van der Waals surface area contributed by atoms with Crippen molar-refractivity contribution in [2.75, 3.05) is 18.5 Å². The van der Waals surface area contributed by atoms with Gasteiger partial charge in [-0.25, -0.2) is 9.97 Å². The van der Waals surface area contributed by atoms with Gasteiger partial charge >= 0.3 is 0 Å². The molecule has 4 nitrogen and oxygen atoms in total. The van der Waals surface area contributed by atoms with E-state index in [0.717, 1.165) is 31.6 Å². The molecule has 1 rings (SSSR count). The van der Waals surface area contributed by atoms with Gasteiger partial charge < -0.3 is 10.1 Å². The Labute approximate surface area is 111 Å². The second-order valence-electron chi connectivity index (χ2n) is 3.81. The number of nitrogens with one attached hydrogen (secondary N) is 1. The van der Waals surface area contributed by atoms with E-state index in [9.17, 15) is 0 Å². The highest BCUT2D eigenvalue weighted by atomic mass is 79.9. The van der Waals surface area contributed by atoms with Crippen LogP contribution in [0.15, 0.2) is 12.4 Å². The van der Waals surface area contributed by atoms with Crippen LogP contribution in [0.1, 0.15) is 33.1 Å². The van der Waals surface area contributed by atoms with Crippen LogP contribution in [-0.4, -0.2) is 27.9 Å². The summed E-state index contributed by atoms with van der Waals surface area (Å²) in [5.74, 6) is 1.46. The Balaban J connectivity index is 2.37. The van der Waals surface area contributed by atoms with Gasteiger partial charge in [0.15, 0.2) is 0 Å². The molecule has 1 unspecified atom stereocenters. The number of alkyl halides is 1. The van der Waals surface area contributed by atoms with E-state index in [-0.39, 0.29) is 0 Å². The summed E-state index contributed by atoms with van der Waals surface area (Å²) in [4.78, 5) is 8.77. The fourth-order valence-corrected chi connectivity index (χ4v) is 1.51. The first kappa shape index (κ1) is 14.2. The fourth-order valence-electron chi connectivity index (χ4n) is 1.28. The predicted molar refractivity (Wildman–Crippen MR) is 73.9 cm³/mol. The normalized spacial score (nSPS) is 12.2. The van der Waals surface area contributed by atoms with Crippen LogP contribution >= 0.6 is 15.9 Å². The van der Waals surface area contributed by atoms with Crippen molar-refractivity contribution in [3.05, 3.63) is 12.4 Å². The number of ether oxygens (including phenoxy) is 1. The Hall–Kier alpha value is -0.840. The van der Waals surface area contributed by atoms with Gasteiger partial charge in [-0.05, 0) is 19.3 Å². The molecule has 0 amide bonds. The molecule has 0 aliphatic rings. The van der Waals surface area contributed by atoms with Crippen molar-refractivity contribution in [2.45, 2.75) is 37.9 Å². The molecule has 0 saturated heterocycles. The number of hydrogen-bond donors (Lipinski definition) is 1. The van der Waals surface area contributed by atoms with Crippen molar-refractivity contribution in [3.63, 3.8) is 0 Å². The van der Waals surface area contributed by atoms with Gasteiger partial charge in [-0.15, -0.1) is 0 Å². The smallest absolute Gasteiger partial charge is 0.218 e. The van der Waals surface area contributed by atoms with Gasteiger partial charge in [0.1, 0.15) is 12.1 Å². The van der Waals surface area contributed by atoms with E-state index in [1.807, 2.05) is 6.07 Å².